The molecule has 8 heteroatoms. The van der Waals surface area contributed by atoms with Crippen LogP contribution in [-0.2, 0) is 6.18 Å². The lowest BCUT2D eigenvalue weighted by Crippen LogP contribution is -2.31. The van der Waals surface area contributed by atoms with Crippen molar-refractivity contribution >= 4 is 16.5 Å². The zero-order valence-corrected chi connectivity index (χ0v) is 14.7. The summed E-state index contributed by atoms with van der Waals surface area (Å²) in [5.74, 6) is 0.788. The molecule has 4 nitrogen and oxygen atoms in total. The van der Waals surface area contributed by atoms with Crippen LogP contribution in [0.25, 0.3) is 0 Å². The lowest BCUT2D eigenvalue weighted by Gasteiger charge is -2.29. The van der Waals surface area contributed by atoms with Crippen LogP contribution in [0.2, 0.25) is 0 Å². The Balaban J connectivity index is 1.77. The van der Waals surface area contributed by atoms with Gasteiger partial charge in [-0.1, -0.05) is 29.5 Å². The smallest absolute Gasteiger partial charge is 0.427 e. The van der Waals surface area contributed by atoms with Gasteiger partial charge in [0.05, 0.1) is 19.3 Å². The summed E-state index contributed by atoms with van der Waals surface area (Å²) in [7, 11) is 1.63. The Morgan fingerprint density at radius 1 is 1.28 bits per heavy atom. The first-order valence-electron chi connectivity index (χ1n) is 8.13. The van der Waals surface area contributed by atoms with Gasteiger partial charge in [0.1, 0.15) is 10.6 Å². The van der Waals surface area contributed by atoms with Crippen LogP contribution in [0.3, 0.4) is 0 Å². The number of aromatic nitrogens is 1. The molecule has 2 aromatic rings. The third-order valence-electron chi connectivity index (χ3n) is 4.31. The van der Waals surface area contributed by atoms with Crippen molar-refractivity contribution in [2.45, 2.75) is 25.1 Å². The number of hydrogen-bond donors (Lipinski definition) is 1. The molecule has 1 unspecified atom stereocenters. The number of methoxy groups -OCH3 is 1. The summed E-state index contributed by atoms with van der Waals surface area (Å²) < 4.78 is 43.7. The molecule has 1 aliphatic heterocycles. The van der Waals surface area contributed by atoms with Gasteiger partial charge in [0, 0.05) is 12.1 Å². The Morgan fingerprint density at radius 3 is 2.64 bits per heavy atom. The largest absolute Gasteiger partial charge is 0.496 e. The van der Waals surface area contributed by atoms with Crippen molar-refractivity contribution in [3.8, 4) is 5.75 Å². The van der Waals surface area contributed by atoms with E-state index in [1.54, 1.807) is 7.11 Å². The number of para-hydroxylation sites is 1. The fourth-order valence-corrected chi connectivity index (χ4v) is 3.79. The zero-order chi connectivity index (χ0) is 17.9. The van der Waals surface area contributed by atoms with Crippen molar-refractivity contribution in [2.24, 2.45) is 0 Å². The number of alkyl halides is 3. The highest BCUT2D eigenvalue weighted by Crippen LogP contribution is 2.36. The van der Waals surface area contributed by atoms with E-state index in [1.165, 1.54) is 0 Å². The molecular weight excluding hydrogens is 351 g/mol. The Labute approximate surface area is 148 Å². The van der Waals surface area contributed by atoms with Crippen LogP contribution in [0.15, 0.2) is 30.5 Å². The first-order valence-corrected chi connectivity index (χ1v) is 8.94. The molecule has 0 saturated carbocycles. The number of hydrogen-bond acceptors (Lipinski definition) is 5. The number of thiazole rings is 1. The third-order valence-corrected chi connectivity index (χ3v) is 5.31. The van der Waals surface area contributed by atoms with E-state index in [4.69, 9.17) is 4.74 Å². The number of nitrogens with zero attached hydrogens (tertiary/aromatic N) is 2. The third kappa shape index (κ3) is 4.24. The van der Waals surface area contributed by atoms with E-state index in [-0.39, 0.29) is 11.2 Å². The summed E-state index contributed by atoms with van der Waals surface area (Å²) >= 11 is 0.632. The number of nitrogens with one attached hydrogen (secondary N) is 1. The molecule has 0 bridgehead atoms. The predicted octanol–water partition coefficient (Wildman–Crippen LogP) is 4.42. The van der Waals surface area contributed by atoms with Gasteiger partial charge in [-0.2, -0.15) is 13.2 Å². The molecule has 1 aromatic carbocycles. The summed E-state index contributed by atoms with van der Waals surface area (Å²) in [6.45, 7) is 2.41. The van der Waals surface area contributed by atoms with Crippen LogP contribution >= 0.6 is 11.3 Å². The number of likely N-dealkylation sites (tertiary alicyclic amines) is 1. The molecule has 0 aliphatic carbocycles. The minimum Gasteiger partial charge on any atom is -0.496 e. The van der Waals surface area contributed by atoms with Gasteiger partial charge in [0.25, 0.3) is 0 Å². The van der Waals surface area contributed by atoms with Gasteiger partial charge >= 0.3 is 6.18 Å². The predicted molar refractivity (Wildman–Crippen MR) is 92.1 cm³/mol. The normalized spacial score (nSPS) is 16.8. The van der Waals surface area contributed by atoms with Crippen molar-refractivity contribution in [3.63, 3.8) is 0 Å². The van der Waals surface area contributed by atoms with E-state index >= 15 is 0 Å². The summed E-state index contributed by atoms with van der Waals surface area (Å²) in [5, 5.41) is 3.36. The summed E-state index contributed by atoms with van der Waals surface area (Å²) in [5.41, 5.74) is 1.03. The topological polar surface area (TPSA) is 37.4 Å². The average Bonchev–Trinajstić information content (AvgIpc) is 3.27. The fourth-order valence-electron chi connectivity index (χ4n) is 3.10. The Bertz CT molecular complexity index is 698. The van der Waals surface area contributed by atoms with E-state index in [2.05, 4.69) is 15.2 Å². The van der Waals surface area contributed by atoms with Gasteiger partial charge < -0.3 is 10.1 Å². The SMILES string of the molecule is COc1ccccc1C(CNc1ncc(C(F)(F)F)s1)N1CCCC1. The van der Waals surface area contributed by atoms with E-state index < -0.39 is 11.1 Å². The maximum Gasteiger partial charge on any atom is 0.427 e. The second-order valence-electron chi connectivity index (χ2n) is 5.91. The van der Waals surface area contributed by atoms with Crippen LogP contribution < -0.4 is 10.1 Å². The number of ether oxygens (including phenoxy) is 1. The monoisotopic (exact) mass is 371 g/mol. The molecule has 0 amide bonds. The summed E-state index contributed by atoms with van der Waals surface area (Å²) in [6.07, 6.45) is -1.22. The first-order chi connectivity index (χ1) is 12.0. The molecule has 25 heavy (non-hydrogen) atoms. The second-order valence-corrected chi connectivity index (χ2v) is 6.94. The van der Waals surface area contributed by atoms with Crippen molar-refractivity contribution in [1.82, 2.24) is 9.88 Å². The van der Waals surface area contributed by atoms with Crippen LogP contribution in [0, 0.1) is 0 Å². The maximum absolute atomic E-state index is 12.7. The molecule has 3 rings (SSSR count). The van der Waals surface area contributed by atoms with Crippen LogP contribution in [0.4, 0.5) is 18.3 Å². The lowest BCUT2D eigenvalue weighted by molar-refractivity contribution is -0.134. The van der Waals surface area contributed by atoms with Gasteiger partial charge in [-0.3, -0.25) is 4.90 Å². The van der Waals surface area contributed by atoms with Crippen molar-refractivity contribution in [2.75, 3.05) is 32.1 Å². The lowest BCUT2D eigenvalue weighted by atomic mass is 10.0. The van der Waals surface area contributed by atoms with E-state index in [0.29, 0.717) is 17.9 Å². The van der Waals surface area contributed by atoms with Gasteiger partial charge in [-0.15, -0.1) is 0 Å². The van der Waals surface area contributed by atoms with E-state index in [9.17, 15) is 13.2 Å². The summed E-state index contributed by atoms with van der Waals surface area (Å²) in [6, 6.07) is 7.80. The van der Waals surface area contributed by atoms with Gasteiger partial charge in [0.2, 0.25) is 0 Å². The standard InChI is InChI=1S/C17H20F3N3OS/c1-24-14-7-3-2-6-12(14)13(23-8-4-5-9-23)10-21-16-22-11-15(25-16)17(18,19)20/h2-3,6-7,11,13H,4-5,8-10H2,1H3,(H,21,22). The summed E-state index contributed by atoms with van der Waals surface area (Å²) in [4.78, 5) is 5.50. The minimum absolute atomic E-state index is 0.0249. The fraction of sp³-hybridized carbons (Fsp3) is 0.471. The molecule has 1 atom stereocenters. The highest BCUT2D eigenvalue weighted by Gasteiger charge is 2.33. The Kier molecular flexibility index (Phi) is 5.48. The highest BCUT2D eigenvalue weighted by atomic mass is 32.1. The number of anilines is 1. The Morgan fingerprint density at radius 2 is 2.00 bits per heavy atom. The van der Waals surface area contributed by atoms with Crippen LogP contribution in [-0.4, -0.2) is 36.6 Å². The molecule has 1 aliphatic rings. The number of halogens is 3. The molecule has 2 heterocycles. The first kappa shape index (κ1) is 18.0. The van der Waals surface area contributed by atoms with Crippen molar-refractivity contribution in [3.05, 3.63) is 40.9 Å². The van der Waals surface area contributed by atoms with Crippen molar-refractivity contribution < 1.29 is 17.9 Å². The molecule has 0 spiro atoms. The maximum atomic E-state index is 12.7. The van der Waals surface area contributed by atoms with Crippen molar-refractivity contribution in [1.29, 1.82) is 0 Å². The Hall–Kier alpha value is -1.80. The molecule has 1 N–H and O–H groups in total. The molecule has 0 radical (unpaired) electrons. The van der Waals surface area contributed by atoms with E-state index in [0.717, 1.165) is 43.4 Å². The number of benzene rings is 1. The van der Waals surface area contributed by atoms with Crippen LogP contribution in [0.1, 0.15) is 29.3 Å². The van der Waals surface area contributed by atoms with Gasteiger partial charge in [0.15, 0.2) is 5.13 Å². The molecule has 1 saturated heterocycles. The molecular formula is C17H20F3N3OS. The zero-order valence-electron chi connectivity index (χ0n) is 13.8. The van der Waals surface area contributed by atoms with Gasteiger partial charge in [-0.25, -0.2) is 4.98 Å². The molecule has 1 fully saturated rings. The molecule has 1 aromatic heterocycles. The highest BCUT2D eigenvalue weighted by molar-refractivity contribution is 7.15. The minimum atomic E-state index is -4.35. The van der Waals surface area contributed by atoms with E-state index in [1.807, 2.05) is 24.3 Å². The quantitative estimate of drug-likeness (QED) is 0.816. The number of rotatable bonds is 6. The van der Waals surface area contributed by atoms with Crippen LogP contribution in [0.5, 0.6) is 5.75 Å². The average molecular weight is 371 g/mol. The van der Waals surface area contributed by atoms with Gasteiger partial charge in [-0.05, 0) is 32.0 Å². The molecule has 136 valence electrons. The second kappa shape index (κ2) is 7.61.